The Kier molecular flexibility index (Phi) is 5.27. The number of hydrogen-bond donors (Lipinski definition) is 2. The number of nitrogens with zero attached hydrogens (tertiary/aromatic N) is 4. The lowest BCUT2D eigenvalue weighted by atomic mass is 9.73. The number of aromatic amines is 1. The van der Waals surface area contributed by atoms with Crippen LogP contribution < -0.4 is 20.3 Å². The second-order valence-corrected chi connectivity index (χ2v) is 9.06. The van der Waals surface area contributed by atoms with Crippen LogP contribution in [0.3, 0.4) is 0 Å². The van der Waals surface area contributed by atoms with E-state index in [2.05, 4.69) is 4.98 Å². The zero-order valence-corrected chi connectivity index (χ0v) is 18.9. The minimum absolute atomic E-state index is 0.128. The van der Waals surface area contributed by atoms with Gasteiger partial charge in [0.1, 0.15) is 17.4 Å². The van der Waals surface area contributed by atoms with Gasteiger partial charge in [0.15, 0.2) is 0 Å². The van der Waals surface area contributed by atoms with Crippen LogP contribution in [0.2, 0.25) is 0 Å². The summed E-state index contributed by atoms with van der Waals surface area (Å²) >= 11 is 0. The van der Waals surface area contributed by atoms with Gasteiger partial charge in [-0.2, -0.15) is 4.98 Å². The fourth-order valence-corrected chi connectivity index (χ4v) is 5.47. The number of aromatic hydroxyl groups is 1. The number of nitrogens with one attached hydrogen (secondary N) is 1. The van der Waals surface area contributed by atoms with Crippen molar-refractivity contribution in [3.63, 3.8) is 0 Å². The number of amides is 1. The molecule has 33 heavy (non-hydrogen) atoms. The lowest BCUT2D eigenvalue weighted by Gasteiger charge is -2.39. The molecule has 1 fully saturated rings. The van der Waals surface area contributed by atoms with Crippen molar-refractivity contribution >= 4 is 23.4 Å². The third-order valence-corrected chi connectivity index (χ3v) is 7.18. The maximum Gasteiger partial charge on any atom is 0.257 e. The summed E-state index contributed by atoms with van der Waals surface area (Å²) < 4.78 is 20.2. The molecule has 1 amide bonds. The van der Waals surface area contributed by atoms with Gasteiger partial charge in [-0.1, -0.05) is 0 Å². The van der Waals surface area contributed by atoms with Crippen molar-refractivity contribution in [2.75, 3.05) is 61.6 Å². The highest BCUT2D eigenvalue weighted by atomic mass is 19.1. The number of hydrogen-bond acceptors (Lipinski definition) is 7. The molecule has 0 aliphatic carbocycles. The molecule has 176 valence electrons. The van der Waals surface area contributed by atoms with Gasteiger partial charge in [0.2, 0.25) is 11.9 Å². The Morgan fingerprint density at radius 3 is 2.73 bits per heavy atom. The highest BCUT2D eigenvalue weighted by molar-refractivity contribution is 6.08. The van der Waals surface area contributed by atoms with Crippen molar-refractivity contribution in [3.8, 4) is 5.75 Å². The molecule has 1 saturated heterocycles. The van der Waals surface area contributed by atoms with Crippen molar-refractivity contribution in [1.82, 2.24) is 9.97 Å². The number of H-pyrrole nitrogens is 1. The monoisotopic (exact) mass is 457 g/mol. The standard InChI is InChI=1S/C23H28FN5O4/c1-27-7-3-4-15-19(27)25-22(26-20(15)31)28-8-5-23(6-9-28)18-16(24)12-14(30)13-17(18)29(21(23)32)10-11-33-2/h12-13,30H,3-11H2,1-2H3,(H,25,26,31). The summed E-state index contributed by atoms with van der Waals surface area (Å²) in [5.74, 6) is 0.222. The molecule has 0 unspecified atom stereocenters. The van der Waals surface area contributed by atoms with E-state index in [0.717, 1.165) is 19.0 Å². The third kappa shape index (κ3) is 3.35. The summed E-state index contributed by atoms with van der Waals surface area (Å²) in [4.78, 5) is 39.3. The average molecular weight is 458 g/mol. The van der Waals surface area contributed by atoms with Crippen LogP contribution in [0.4, 0.5) is 21.8 Å². The smallest absolute Gasteiger partial charge is 0.257 e. The predicted octanol–water partition coefficient (Wildman–Crippen LogP) is 1.53. The zero-order chi connectivity index (χ0) is 23.3. The maximum atomic E-state index is 15.1. The first-order chi connectivity index (χ1) is 15.9. The number of methoxy groups -OCH3 is 1. The van der Waals surface area contributed by atoms with E-state index in [4.69, 9.17) is 9.72 Å². The number of ether oxygens (including phenoxy) is 1. The second kappa shape index (κ2) is 8.02. The number of rotatable bonds is 4. The zero-order valence-electron chi connectivity index (χ0n) is 18.9. The lowest BCUT2D eigenvalue weighted by molar-refractivity contribution is -0.124. The Morgan fingerprint density at radius 1 is 1.24 bits per heavy atom. The fourth-order valence-electron chi connectivity index (χ4n) is 5.47. The average Bonchev–Trinajstić information content (AvgIpc) is 3.01. The quantitative estimate of drug-likeness (QED) is 0.718. The van der Waals surface area contributed by atoms with E-state index in [1.165, 1.54) is 11.0 Å². The van der Waals surface area contributed by atoms with Crippen LogP contribution in [-0.2, 0) is 21.4 Å². The highest BCUT2D eigenvalue weighted by Crippen LogP contribution is 2.50. The van der Waals surface area contributed by atoms with E-state index in [9.17, 15) is 14.7 Å². The molecule has 10 heteroatoms. The van der Waals surface area contributed by atoms with Crippen LogP contribution in [0.25, 0.3) is 0 Å². The molecule has 0 bridgehead atoms. The van der Waals surface area contributed by atoms with Gasteiger partial charge >= 0.3 is 0 Å². The number of phenols is 1. The van der Waals surface area contributed by atoms with Gasteiger partial charge in [-0.25, -0.2) is 4.39 Å². The maximum absolute atomic E-state index is 15.1. The molecule has 1 aromatic heterocycles. The summed E-state index contributed by atoms with van der Waals surface area (Å²) in [7, 11) is 3.48. The topological polar surface area (TPSA) is 102 Å². The van der Waals surface area contributed by atoms with E-state index >= 15 is 4.39 Å². The van der Waals surface area contributed by atoms with Gasteiger partial charge in [0.25, 0.3) is 5.56 Å². The molecule has 1 spiro atoms. The lowest BCUT2D eigenvalue weighted by Crippen LogP contribution is -2.50. The van der Waals surface area contributed by atoms with Crippen molar-refractivity contribution in [1.29, 1.82) is 0 Å². The number of fused-ring (bicyclic) bond motifs is 3. The summed E-state index contributed by atoms with van der Waals surface area (Å²) in [6.07, 6.45) is 2.38. The summed E-state index contributed by atoms with van der Waals surface area (Å²) in [6, 6.07) is 2.52. The molecule has 9 nitrogen and oxygen atoms in total. The van der Waals surface area contributed by atoms with Gasteiger partial charge in [0.05, 0.1) is 23.3 Å². The molecule has 2 N–H and O–H groups in total. The van der Waals surface area contributed by atoms with E-state index < -0.39 is 11.2 Å². The Morgan fingerprint density at radius 2 is 2.00 bits per heavy atom. The fraction of sp³-hybridized carbons (Fsp3) is 0.522. The minimum atomic E-state index is -1.01. The van der Waals surface area contributed by atoms with Crippen LogP contribution in [0.5, 0.6) is 5.75 Å². The molecular weight excluding hydrogens is 429 g/mol. The van der Waals surface area contributed by atoms with Crippen molar-refractivity contribution in [2.45, 2.75) is 31.1 Å². The number of aromatic nitrogens is 2. The van der Waals surface area contributed by atoms with Gasteiger partial charge in [-0.15, -0.1) is 0 Å². The van der Waals surface area contributed by atoms with E-state index in [1.54, 1.807) is 7.11 Å². The van der Waals surface area contributed by atoms with Crippen LogP contribution in [-0.4, -0.2) is 67.9 Å². The van der Waals surface area contributed by atoms with Crippen LogP contribution in [0, 0.1) is 5.82 Å². The minimum Gasteiger partial charge on any atom is -0.508 e. The number of halogens is 1. The van der Waals surface area contributed by atoms with Gasteiger partial charge in [-0.3, -0.25) is 14.6 Å². The van der Waals surface area contributed by atoms with E-state index in [0.29, 0.717) is 67.5 Å². The van der Waals surface area contributed by atoms with E-state index in [1.807, 2.05) is 16.8 Å². The van der Waals surface area contributed by atoms with Crippen LogP contribution in [0.1, 0.15) is 30.4 Å². The number of piperidine rings is 1. The summed E-state index contributed by atoms with van der Waals surface area (Å²) in [5.41, 5.74) is 0.313. The van der Waals surface area contributed by atoms with Crippen LogP contribution in [0.15, 0.2) is 16.9 Å². The molecule has 0 saturated carbocycles. The number of carbonyl (C=O) groups excluding carboxylic acids is 1. The predicted molar refractivity (Wildman–Crippen MR) is 122 cm³/mol. The Bertz CT molecular complexity index is 1160. The molecule has 1 aromatic carbocycles. The largest absolute Gasteiger partial charge is 0.508 e. The number of phenolic OH excluding ortho intramolecular Hbond substituents is 1. The van der Waals surface area contributed by atoms with Crippen molar-refractivity contribution in [2.24, 2.45) is 0 Å². The molecule has 3 aliphatic rings. The molecule has 0 radical (unpaired) electrons. The first kappa shape index (κ1) is 21.7. The third-order valence-electron chi connectivity index (χ3n) is 7.18. The van der Waals surface area contributed by atoms with E-state index in [-0.39, 0.29) is 23.8 Å². The van der Waals surface area contributed by atoms with Gasteiger partial charge in [-0.05, 0) is 25.7 Å². The highest BCUT2D eigenvalue weighted by Gasteiger charge is 2.54. The molecular formula is C23H28FN5O4. The van der Waals surface area contributed by atoms with Gasteiger partial charge in [0, 0.05) is 58.0 Å². The number of benzene rings is 1. The normalized spacial score (nSPS) is 19.2. The second-order valence-electron chi connectivity index (χ2n) is 9.06. The number of carbonyl (C=O) groups is 1. The summed E-state index contributed by atoms with van der Waals surface area (Å²) in [6.45, 7) is 2.31. The van der Waals surface area contributed by atoms with Crippen molar-refractivity contribution in [3.05, 3.63) is 39.4 Å². The molecule has 4 heterocycles. The molecule has 2 aromatic rings. The van der Waals surface area contributed by atoms with Crippen LogP contribution >= 0.6 is 0 Å². The first-order valence-corrected chi connectivity index (χ1v) is 11.3. The number of anilines is 3. The Hall–Kier alpha value is -3.14. The molecule has 0 atom stereocenters. The molecule has 5 rings (SSSR count). The first-order valence-electron chi connectivity index (χ1n) is 11.3. The van der Waals surface area contributed by atoms with Gasteiger partial charge < -0.3 is 24.5 Å². The summed E-state index contributed by atoms with van der Waals surface area (Å²) in [5, 5.41) is 9.97. The molecule has 3 aliphatic heterocycles. The Balaban J connectivity index is 1.46. The Labute approximate surface area is 190 Å². The SMILES string of the molecule is COCCN1C(=O)C2(CCN(c3nc4c(c(=O)[nH]3)CCCN4C)CC2)c2c(F)cc(O)cc21. The van der Waals surface area contributed by atoms with Crippen molar-refractivity contribution < 1.29 is 19.0 Å².